The number of amidine groups is 1. The number of piperazine rings is 1. The molecule has 11 heteroatoms. The average molecular weight is 482 g/mol. The van der Waals surface area contributed by atoms with Gasteiger partial charge in [0.2, 0.25) is 6.79 Å². The third-order valence-corrected chi connectivity index (χ3v) is 5.87. The highest BCUT2D eigenvalue weighted by molar-refractivity contribution is 6.35. The number of benzene rings is 2. The van der Waals surface area contributed by atoms with E-state index in [1.807, 2.05) is 0 Å². The van der Waals surface area contributed by atoms with Crippen molar-refractivity contribution in [2.24, 2.45) is 5.73 Å². The summed E-state index contributed by atoms with van der Waals surface area (Å²) in [6, 6.07) is 11.0. The predicted molar refractivity (Wildman–Crippen MR) is 123 cm³/mol. The van der Waals surface area contributed by atoms with E-state index in [1.54, 1.807) is 42.5 Å². The van der Waals surface area contributed by atoms with Crippen molar-refractivity contribution >= 4 is 23.6 Å². The fourth-order valence-corrected chi connectivity index (χ4v) is 4.07. The lowest BCUT2D eigenvalue weighted by atomic mass is 10.00. The number of carboxylic acid groups (broad SMARTS) is 1. The highest BCUT2D eigenvalue weighted by atomic mass is 16.7. The van der Waals surface area contributed by atoms with Crippen LogP contribution >= 0.6 is 0 Å². The normalized spacial score (nSPS) is 15.8. The van der Waals surface area contributed by atoms with Crippen molar-refractivity contribution < 1.29 is 33.7 Å². The molecule has 184 valence electrons. The Bertz CT molecular complexity index is 1140. The van der Waals surface area contributed by atoms with Crippen LogP contribution in [0.15, 0.2) is 42.5 Å². The Morgan fingerprint density at radius 1 is 1.09 bits per heavy atom. The molecule has 0 radical (unpaired) electrons. The van der Waals surface area contributed by atoms with Crippen LogP contribution in [0.4, 0.5) is 0 Å². The zero-order valence-electron chi connectivity index (χ0n) is 18.9. The van der Waals surface area contributed by atoms with Gasteiger partial charge in [-0.1, -0.05) is 6.07 Å². The number of nitrogens with two attached hydrogens (primary N) is 1. The molecule has 0 aliphatic carbocycles. The van der Waals surface area contributed by atoms with Gasteiger partial charge in [-0.3, -0.25) is 19.8 Å². The van der Waals surface area contributed by atoms with Gasteiger partial charge >= 0.3 is 17.8 Å². The molecule has 1 fully saturated rings. The molecular formula is C24H26N4O7. The Morgan fingerprint density at radius 3 is 2.54 bits per heavy atom. The molecule has 1 atom stereocenters. The summed E-state index contributed by atoms with van der Waals surface area (Å²) in [5.41, 5.74) is 6.60. The minimum atomic E-state index is -1.08. The number of ether oxygens (including phenoxy) is 3. The summed E-state index contributed by atoms with van der Waals surface area (Å²) in [6.07, 6.45) is 0.170. The van der Waals surface area contributed by atoms with Gasteiger partial charge in [0.15, 0.2) is 11.5 Å². The summed E-state index contributed by atoms with van der Waals surface area (Å²) in [6.45, 7) is 1.24. The number of hydrogen-bond donors (Lipinski definition) is 3. The van der Waals surface area contributed by atoms with Crippen LogP contribution in [0.2, 0.25) is 0 Å². The monoisotopic (exact) mass is 482 g/mol. The van der Waals surface area contributed by atoms with Gasteiger partial charge in [0, 0.05) is 25.2 Å². The van der Waals surface area contributed by atoms with Crippen LogP contribution < -0.4 is 19.9 Å². The molecule has 0 aromatic heterocycles. The minimum Gasteiger partial charge on any atom is -0.494 e. The van der Waals surface area contributed by atoms with E-state index >= 15 is 0 Å². The van der Waals surface area contributed by atoms with Gasteiger partial charge in [0.05, 0.1) is 19.1 Å². The van der Waals surface area contributed by atoms with Gasteiger partial charge in [0.1, 0.15) is 11.6 Å². The van der Waals surface area contributed by atoms with Gasteiger partial charge in [-0.2, -0.15) is 0 Å². The van der Waals surface area contributed by atoms with Crippen molar-refractivity contribution in [2.75, 3.05) is 33.0 Å². The molecule has 11 nitrogen and oxygen atoms in total. The average Bonchev–Trinajstić information content (AvgIpc) is 3.31. The van der Waals surface area contributed by atoms with Crippen LogP contribution in [0.1, 0.15) is 30.0 Å². The van der Waals surface area contributed by atoms with Gasteiger partial charge in [0.25, 0.3) is 0 Å². The lowest BCUT2D eigenvalue weighted by Crippen LogP contribution is -2.55. The first-order valence-corrected chi connectivity index (χ1v) is 11.1. The minimum absolute atomic E-state index is 0.0250. The predicted octanol–water partition coefficient (Wildman–Crippen LogP) is 1.36. The number of carbonyl (C=O) groups is 3. The van der Waals surface area contributed by atoms with Gasteiger partial charge < -0.3 is 34.9 Å². The van der Waals surface area contributed by atoms with Crippen LogP contribution in [-0.4, -0.2) is 71.6 Å². The second-order valence-electron chi connectivity index (χ2n) is 8.16. The smallest absolute Gasteiger partial charge is 0.312 e. The third kappa shape index (κ3) is 5.45. The SMILES string of the molecule is N=C(N)c1ccc(OCCCN2CCN(C(CC(=O)O)c3ccc4c(c3)OCO4)C(=O)C2=O)cc1. The molecule has 0 bridgehead atoms. The Labute approximate surface area is 201 Å². The number of fused-ring (bicyclic) bond motifs is 1. The molecular weight excluding hydrogens is 456 g/mol. The highest BCUT2D eigenvalue weighted by Crippen LogP contribution is 2.37. The summed E-state index contributed by atoms with van der Waals surface area (Å²) in [7, 11) is 0. The Balaban J connectivity index is 1.34. The number of carboxylic acids is 1. The zero-order valence-corrected chi connectivity index (χ0v) is 18.9. The second-order valence-corrected chi connectivity index (χ2v) is 8.16. The first-order chi connectivity index (χ1) is 16.8. The maximum atomic E-state index is 12.9. The summed E-state index contributed by atoms with van der Waals surface area (Å²) >= 11 is 0. The summed E-state index contributed by atoms with van der Waals surface area (Å²) in [4.78, 5) is 40.0. The number of nitrogens with zero attached hydrogens (tertiary/aromatic N) is 2. The number of rotatable bonds is 10. The van der Waals surface area contributed by atoms with E-state index in [9.17, 15) is 19.5 Å². The number of hydrogen-bond acceptors (Lipinski definition) is 7. The highest BCUT2D eigenvalue weighted by Gasteiger charge is 2.38. The summed E-state index contributed by atoms with van der Waals surface area (Å²) in [5.74, 6) is -0.869. The zero-order chi connectivity index (χ0) is 24.9. The molecule has 35 heavy (non-hydrogen) atoms. The quantitative estimate of drug-likeness (QED) is 0.198. The molecule has 4 N–H and O–H groups in total. The molecule has 2 aliphatic heterocycles. The topological polar surface area (TPSA) is 155 Å². The van der Waals surface area contributed by atoms with Crippen molar-refractivity contribution in [1.29, 1.82) is 5.41 Å². The Hall–Kier alpha value is -4.28. The van der Waals surface area contributed by atoms with Gasteiger partial charge in [-0.25, -0.2) is 0 Å². The third-order valence-electron chi connectivity index (χ3n) is 5.87. The van der Waals surface area contributed by atoms with Crippen LogP contribution in [0, 0.1) is 5.41 Å². The number of nitrogens with one attached hydrogen (secondary N) is 1. The van der Waals surface area contributed by atoms with E-state index in [-0.39, 0.29) is 25.6 Å². The Morgan fingerprint density at radius 2 is 1.83 bits per heavy atom. The fourth-order valence-electron chi connectivity index (χ4n) is 4.07. The lowest BCUT2D eigenvalue weighted by Gasteiger charge is -2.38. The van der Waals surface area contributed by atoms with Crippen molar-refractivity contribution in [3.8, 4) is 17.2 Å². The first kappa shape index (κ1) is 23.9. The maximum absolute atomic E-state index is 12.9. The van der Waals surface area contributed by atoms with E-state index in [2.05, 4.69) is 0 Å². The van der Waals surface area contributed by atoms with Crippen LogP contribution in [0.5, 0.6) is 17.2 Å². The molecule has 2 aromatic rings. The molecule has 2 aliphatic rings. The molecule has 2 aromatic carbocycles. The summed E-state index contributed by atoms with van der Waals surface area (Å²) in [5, 5.41) is 16.8. The molecule has 1 unspecified atom stereocenters. The fraction of sp³-hybridized carbons (Fsp3) is 0.333. The first-order valence-electron chi connectivity index (χ1n) is 11.1. The number of aliphatic carboxylic acids is 1. The van der Waals surface area contributed by atoms with Crippen molar-refractivity contribution in [3.63, 3.8) is 0 Å². The summed E-state index contributed by atoms with van der Waals surface area (Å²) < 4.78 is 16.3. The molecule has 2 amide bonds. The molecule has 0 spiro atoms. The maximum Gasteiger partial charge on any atom is 0.312 e. The van der Waals surface area contributed by atoms with Crippen LogP contribution in [0.3, 0.4) is 0 Å². The van der Waals surface area contributed by atoms with E-state index < -0.39 is 23.8 Å². The standard InChI is InChI=1S/C24H26N4O7/c25-22(26)15-2-5-17(6-3-15)33-11-1-8-27-9-10-28(24(32)23(27)31)18(13-21(29)30)16-4-7-19-20(12-16)35-14-34-19/h2-7,12,18H,1,8-11,13-14H2,(H3,25,26)(H,29,30). The van der Waals surface area contributed by atoms with Crippen molar-refractivity contribution in [1.82, 2.24) is 9.80 Å². The van der Waals surface area contributed by atoms with E-state index in [0.717, 1.165) is 0 Å². The van der Waals surface area contributed by atoms with Gasteiger partial charge in [-0.15, -0.1) is 0 Å². The Kier molecular flexibility index (Phi) is 7.04. The second kappa shape index (κ2) is 10.3. The molecule has 0 saturated carbocycles. The molecule has 2 heterocycles. The van der Waals surface area contributed by atoms with Crippen molar-refractivity contribution in [3.05, 3.63) is 53.6 Å². The molecule has 4 rings (SSSR count). The van der Waals surface area contributed by atoms with E-state index in [0.29, 0.717) is 54.5 Å². The van der Waals surface area contributed by atoms with Crippen LogP contribution in [0.25, 0.3) is 0 Å². The van der Waals surface area contributed by atoms with Crippen molar-refractivity contribution in [2.45, 2.75) is 18.9 Å². The number of amides is 2. The van der Waals surface area contributed by atoms with Gasteiger partial charge in [-0.05, 0) is 48.4 Å². The van der Waals surface area contributed by atoms with Crippen LogP contribution in [-0.2, 0) is 14.4 Å². The van der Waals surface area contributed by atoms with E-state index in [4.69, 9.17) is 25.4 Å². The number of nitrogen functional groups attached to an aromatic ring is 1. The largest absolute Gasteiger partial charge is 0.494 e. The number of carbonyl (C=O) groups excluding carboxylic acids is 2. The van der Waals surface area contributed by atoms with E-state index in [1.165, 1.54) is 9.80 Å². The molecule has 1 saturated heterocycles. The lowest BCUT2D eigenvalue weighted by molar-refractivity contribution is -0.159.